The lowest BCUT2D eigenvalue weighted by Gasteiger charge is -2.32. The second-order valence-electron chi connectivity index (χ2n) is 8.53. The van der Waals surface area contributed by atoms with Gasteiger partial charge in [-0.1, -0.05) is 31.2 Å². The number of hydrogen-bond donors (Lipinski definition) is 4. The zero-order valence-electron chi connectivity index (χ0n) is 18.0. The monoisotopic (exact) mass is 424 g/mol. The van der Waals surface area contributed by atoms with Crippen LogP contribution in [-0.2, 0) is 4.79 Å². The molecule has 7 heteroatoms. The number of nitrogens with one attached hydrogen (secondary N) is 2. The van der Waals surface area contributed by atoms with E-state index in [1.54, 1.807) is 12.2 Å². The molecule has 0 saturated carbocycles. The Hall–Kier alpha value is -3.00. The predicted octanol–water partition coefficient (Wildman–Crippen LogP) is 2.68. The van der Waals surface area contributed by atoms with E-state index in [-0.39, 0.29) is 10.6 Å². The molecule has 0 bridgehead atoms. The summed E-state index contributed by atoms with van der Waals surface area (Å²) in [5.74, 6) is -1.34. The third-order valence-corrected chi connectivity index (χ3v) is 6.00. The molecule has 0 fully saturated rings. The number of rotatable bonds is 4. The Morgan fingerprint density at radius 3 is 2.55 bits per heavy atom. The first-order valence-electron chi connectivity index (χ1n) is 10.3. The number of carbonyl (C=O) groups is 1. The first-order chi connectivity index (χ1) is 14.7. The quantitative estimate of drug-likeness (QED) is 0.570. The lowest BCUT2D eigenvalue weighted by atomic mass is 9.82. The van der Waals surface area contributed by atoms with Crippen LogP contribution in [0.15, 0.2) is 42.6 Å². The van der Waals surface area contributed by atoms with Gasteiger partial charge in [-0.2, -0.15) is 5.06 Å². The number of likely N-dealkylation sites (N-methyl/N-ethyl adjacent to an activating group) is 1. The van der Waals surface area contributed by atoms with Gasteiger partial charge in [0.1, 0.15) is 6.20 Å². The van der Waals surface area contributed by atoms with E-state index in [1.807, 2.05) is 38.4 Å². The van der Waals surface area contributed by atoms with E-state index in [2.05, 4.69) is 17.1 Å². The molecule has 4 N–H and O–H groups in total. The van der Waals surface area contributed by atoms with Gasteiger partial charge in [-0.05, 0) is 50.2 Å². The van der Waals surface area contributed by atoms with E-state index < -0.39 is 23.5 Å². The highest BCUT2D eigenvalue weighted by Gasteiger charge is 2.43. The number of quaternary nitrogens is 1. The van der Waals surface area contributed by atoms with Gasteiger partial charge in [0.2, 0.25) is 6.04 Å². The van der Waals surface area contributed by atoms with Crippen molar-refractivity contribution in [3.63, 3.8) is 0 Å². The molecule has 0 aromatic heterocycles. The van der Waals surface area contributed by atoms with Gasteiger partial charge < -0.3 is 15.3 Å². The normalized spacial score (nSPS) is 20.7. The van der Waals surface area contributed by atoms with Crippen molar-refractivity contribution in [2.45, 2.75) is 25.8 Å². The summed E-state index contributed by atoms with van der Waals surface area (Å²) in [4.78, 5) is 14.8. The maximum atomic E-state index is 14.9. The molecule has 31 heavy (non-hydrogen) atoms. The lowest BCUT2D eigenvalue weighted by Crippen LogP contribution is -3.11. The first-order valence-corrected chi connectivity index (χ1v) is 10.3. The van der Waals surface area contributed by atoms with Crippen LogP contribution in [0, 0.1) is 12.7 Å². The van der Waals surface area contributed by atoms with Gasteiger partial charge in [0.25, 0.3) is 5.91 Å². The second kappa shape index (κ2) is 7.92. The van der Waals surface area contributed by atoms with Crippen molar-refractivity contribution in [2.75, 3.05) is 26.0 Å². The molecule has 2 aromatic carbocycles. The standard InChI is InChI=1S/C24H26FN3O3/c1-13(12-27(3)4)15-7-9-16(10-8-15)18-19-17-6-5-11-28(31)22(17)24(30)26-21(19)14(2)20(25)23(18)29/h5-11,13,22,29,31H,12H2,1-4H3,(H,26,30)/p+1. The number of aromatic hydroxyl groups is 1. The number of anilines is 1. The van der Waals surface area contributed by atoms with Crippen LogP contribution >= 0.6 is 0 Å². The molecule has 3 unspecified atom stereocenters. The Labute approximate surface area is 180 Å². The molecule has 0 radical (unpaired) electrons. The summed E-state index contributed by atoms with van der Waals surface area (Å²) in [6.45, 7) is 4.55. The second-order valence-corrected chi connectivity index (χ2v) is 8.53. The van der Waals surface area contributed by atoms with E-state index >= 15 is 0 Å². The highest BCUT2D eigenvalue weighted by molar-refractivity contribution is 6.13. The fourth-order valence-electron chi connectivity index (χ4n) is 4.49. The topological polar surface area (TPSA) is 77.2 Å². The lowest BCUT2D eigenvalue weighted by molar-refractivity contribution is -1.05. The van der Waals surface area contributed by atoms with Crippen molar-refractivity contribution in [1.29, 1.82) is 0 Å². The van der Waals surface area contributed by atoms with Gasteiger partial charge in [-0.25, -0.2) is 9.60 Å². The van der Waals surface area contributed by atoms with Crippen molar-refractivity contribution >= 4 is 17.2 Å². The van der Waals surface area contributed by atoms with Gasteiger partial charge in [-0.3, -0.25) is 4.79 Å². The van der Waals surface area contributed by atoms with Crippen molar-refractivity contribution in [2.24, 2.45) is 0 Å². The van der Waals surface area contributed by atoms with Crippen LogP contribution in [0.2, 0.25) is 0 Å². The number of carbonyl (C=O) groups excluding carboxylic acids is 1. The molecule has 0 aliphatic carbocycles. The van der Waals surface area contributed by atoms with E-state index in [0.717, 1.165) is 12.1 Å². The predicted molar refractivity (Wildman–Crippen MR) is 117 cm³/mol. The highest BCUT2D eigenvalue weighted by Crippen LogP contribution is 2.47. The molecule has 0 saturated heterocycles. The number of amides is 1. The molecule has 6 nitrogen and oxygen atoms in total. The van der Waals surface area contributed by atoms with Crippen LogP contribution < -0.4 is 10.4 Å². The highest BCUT2D eigenvalue weighted by atomic mass is 19.1. The summed E-state index contributed by atoms with van der Waals surface area (Å²) in [7, 11) is 4.04. The Morgan fingerprint density at radius 1 is 1.23 bits per heavy atom. The Morgan fingerprint density at radius 2 is 1.90 bits per heavy atom. The van der Waals surface area contributed by atoms with Crippen molar-refractivity contribution in [3.8, 4) is 16.9 Å². The molecule has 2 aromatic rings. The number of hydrogen-bond acceptors (Lipinski definition) is 4. The van der Waals surface area contributed by atoms with Gasteiger partial charge in [0.05, 0.1) is 5.69 Å². The number of fused-ring (bicyclic) bond motifs is 3. The average molecular weight is 424 g/mol. The van der Waals surface area contributed by atoms with E-state index in [4.69, 9.17) is 0 Å². The van der Waals surface area contributed by atoms with Crippen LogP contribution in [0.1, 0.15) is 29.5 Å². The molecule has 2 heterocycles. The summed E-state index contributed by atoms with van der Waals surface area (Å²) < 4.78 is 14.9. The van der Waals surface area contributed by atoms with E-state index in [1.165, 1.54) is 13.1 Å². The Balaban J connectivity index is 1.90. The summed E-state index contributed by atoms with van der Waals surface area (Å²) >= 11 is 0. The molecule has 2 aliphatic heterocycles. The summed E-state index contributed by atoms with van der Waals surface area (Å²) in [5, 5.41) is 23.8. The third-order valence-electron chi connectivity index (χ3n) is 6.00. The van der Waals surface area contributed by atoms with E-state index in [9.17, 15) is 19.5 Å². The fourth-order valence-corrected chi connectivity index (χ4v) is 4.49. The summed E-state index contributed by atoms with van der Waals surface area (Å²) in [6.07, 6.45) is 4.85. The number of benzene rings is 2. The SMILES string of the molecule is Cc1c(F)c(O)c(-c2ccc(C(C)CN(C)C)cc2)c2c1NC(=O)C1C2=CC=C[NH+]1O. The molecule has 3 atom stereocenters. The molecule has 0 spiro atoms. The van der Waals surface area contributed by atoms with Crippen LogP contribution in [0.4, 0.5) is 10.1 Å². The number of phenolic OH excluding ortho intramolecular Hbond substituents is 1. The summed E-state index contributed by atoms with van der Waals surface area (Å²) in [6, 6.07) is 6.79. The first kappa shape index (κ1) is 21.2. The number of phenols is 1. The maximum Gasteiger partial charge on any atom is 0.291 e. The number of nitrogens with zero attached hydrogens (tertiary/aromatic N) is 1. The minimum Gasteiger partial charge on any atom is -0.504 e. The molecule has 4 rings (SSSR count). The van der Waals surface area contributed by atoms with Crippen LogP contribution in [-0.4, -0.2) is 47.8 Å². The molecule has 2 aliphatic rings. The van der Waals surface area contributed by atoms with Crippen LogP contribution in [0.25, 0.3) is 16.7 Å². The fraction of sp³-hybridized carbons (Fsp3) is 0.292. The molecule has 1 amide bonds. The Bertz CT molecular complexity index is 1110. The zero-order valence-corrected chi connectivity index (χ0v) is 18.0. The third kappa shape index (κ3) is 3.54. The largest absolute Gasteiger partial charge is 0.504 e. The van der Waals surface area contributed by atoms with Crippen molar-refractivity contribution in [3.05, 3.63) is 65.1 Å². The minimum absolute atomic E-state index is 0.0825. The molecular formula is C24H27FN3O3+. The smallest absolute Gasteiger partial charge is 0.291 e. The minimum atomic E-state index is -0.889. The van der Waals surface area contributed by atoms with Gasteiger partial charge >= 0.3 is 0 Å². The van der Waals surface area contributed by atoms with Gasteiger partial charge in [0.15, 0.2) is 11.6 Å². The zero-order chi connectivity index (χ0) is 22.4. The summed E-state index contributed by atoms with van der Waals surface area (Å²) in [5.41, 5.74) is 3.64. The average Bonchev–Trinajstić information content (AvgIpc) is 2.73. The number of allylic oxidation sites excluding steroid dienone is 2. The van der Waals surface area contributed by atoms with Crippen molar-refractivity contribution < 1.29 is 24.6 Å². The van der Waals surface area contributed by atoms with Gasteiger partial charge in [-0.15, -0.1) is 0 Å². The maximum absolute atomic E-state index is 14.9. The Kier molecular flexibility index (Phi) is 5.43. The van der Waals surface area contributed by atoms with Crippen LogP contribution in [0.5, 0.6) is 5.75 Å². The van der Waals surface area contributed by atoms with Crippen molar-refractivity contribution in [1.82, 2.24) is 4.90 Å². The van der Waals surface area contributed by atoms with E-state index in [0.29, 0.717) is 33.9 Å². The number of hydroxylamine groups is 2. The molecular weight excluding hydrogens is 397 g/mol. The number of halogens is 1. The van der Waals surface area contributed by atoms with Crippen LogP contribution in [0.3, 0.4) is 0 Å². The van der Waals surface area contributed by atoms with Gasteiger partial charge in [0, 0.05) is 28.8 Å². The molecule has 162 valence electrons.